The molecule has 0 atom stereocenters. The number of aliphatic hydroxyl groups excluding tert-OH is 1. The Morgan fingerprint density at radius 1 is 1.33 bits per heavy atom. The van der Waals surface area contributed by atoms with E-state index in [1.807, 2.05) is 26.0 Å². The first-order valence-corrected chi connectivity index (χ1v) is 3.27. The number of aryl methyl sites for hydroxylation is 2. The number of nitrogens with zero attached hydrogens (tertiary/aromatic N) is 1. The molecule has 0 aliphatic rings. The molecule has 0 unspecified atom stereocenters. The van der Waals surface area contributed by atoms with Gasteiger partial charge < -0.3 is 5.11 Å². The summed E-state index contributed by atoms with van der Waals surface area (Å²) in [6.45, 7) is 3.95. The third kappa shape index (κ3) is 4.31. The van der Waals surface area contributed by atoms with Crippen molar-refractivity contribution in [1.82, 2.24) is 4.98 Å². The van der Waals surface area contributed by atoms with Crippen molar-refractivity contribution in [2.24, 2.45) is 0 Å². The zero-order valence-corrected chi connectivity index (χ0v) is 6.26. The topological polar surface area (TPSA) is 33.1 Å². The maximum atomic E-state index is 8.72. The van der Waals surface area contributed by atoms with Gasteiger partial charge in [-0.2, -0.15) is 0 Å². The Balaban J connectivity index is 0. The third-order valence-corrected chi connectivity index (χ3v) is 1.31. The molecular formula is C8H15AlLiNO. The Kier molecular flexibility index (Phi) is 8.26. The van der Waals surface area contributed by atoms with Gasteiger partial charge in [0.1, 0.15) is 0 Å². The Bertz CT molecular complexity index is 222. The van der Waals surface area contributed by atoms with Crippen LogP contribution in [-0.4, -0.2) is 46.3 Å². The Morgan fingerprint density at radius 3 is 2.33 bits per heavy atom. The monoisotopic (exact) mass is 175 g/mol. The average molecular weight is 175 g/mol. The molecule has 1 N–H and O–H groups in total. The van der Waals surface area contributed by atoms with E-state index in [9.17, 15) is 0 Å². The minimum atomic E-state index is 0. The normalized spacial score (nSPS) is 8.25. The van der Waals surface area contributed by atoms with Crippen molar-refractivity contribution in [2.45, 2.75) is 20.5 Å². The van der Waals surface area contributed by atoms with Crippen molar-refractivity contribution >= 4 is 36.2 Å². The summed E-state index contributed by atoms with van der Waals surface area (Å²) in [5.41, 5.74) is 2.86. The zero-order valence-electron chi connectivity index (χ0n) is 6.26. The van der Waals surface area contributed by atoms with Crippen LogP contribution in [0.4, 0.5) is 0 Å². The molecule has 1 heterocycles. The number of aliphatic hydroxyl groups is 1. The summed E-state index contributed by atoms with van der Waals surface area (Å²) in [6, 6.07) is 3.87. The summed E-state index contributed by atoms with van der Waals surface area (Å²) < 4.78 is 0. The minimum absolute atomic E-state index is 0. The van der Waals surface area contributed by atoms with E-state index in [1.165, 1.54) is 0 Å². The van der Waals surface area contributed by atoms with Gasteiger partial charge in [-0.25, -0.2) is 0 Å². The molecule has 0 saturated carbocycles. The van der Waals surface area contributed by atoms with Crippen molar-refractivity contribution < 1.29 is 5.11 Å². The van der Waals surface area contributed by atoms with Gasteiger partial charge in [0, 0.05) is 5.69 Å². The molecule has 0 radical (unpaired) electrons. The van der Waals surface area contributed by atoms with Gasteiger partial charge in [0.15, 0.2) is 17.4 Å². The second-order valence-electron chi connectivity index (χ2n) is 2.44. The van der Waals surface area contributed by atoms with Gasteiger partial charge in [-0.1, -0.05) is 0 Å². The van der Waals surface area contributed by atoms with Gasteiger partial charge in [0.2, 0.25) is 0 Å². The fourth-order valence-electron chi connectivity index (χ4n) is 1.01. The number of hydrogen-bond donors (Lipinski definition) is 1. The number of aromatic nitrogens is 1. The molecule has 4 heteroatoms. The van der Waals surface area contributed by atoms with Crippen LogP contribution in [0.1, 0.15) is 17.0 Å². The van der Waals surface area contributed by atoms with Crippen LogP contribution in [-0.2, 0) is 6.61 Å². The average Bonchev–Trinajstić information content (AvgIpc) is 1.85. The van der Waals surface area contributed by atoms with E-state index >= 15 is 0 Å². The zero-order chi connectivity index (χ0) is 7.56. The molecule has 0 aliphatic carbocycles. The van der Waals surface area contributed by atoms with E-state index in [1.54, 1.807) is 0 Å². The third-order valence-electron chi connectivity index (χ3n) is 1.31. The van der Waals surface area contributed by atoms with Crippen LogP contribution >= 0.6 is 0 Å². The summed E-state index contributed by atoms with van der Waals surface area (Å²) in [5, 5.41) is 8.72. The van der Waals surface area contributed by atoms with Crippen LogP contribution < -0.4 is 0 Å². The standard InChI is InChI=1S/C8H11NO.Al.Li.4H/c1-6-3-7(2)9-8(4-6)5-10;;;;;;/h3-4,10H,5H2,1-2H3;;;;;;. The van der Waals surface area contributed by atoms with E-state index in [0.717, 1.165) is 17.0 Å². The van der Waals surface area contributed by atoms with Crippen LogP contribution in [0, 0.1) is 13.8 Å². The van der Waals surface area contributed by atoms with E-state index in [4.69, 9.17) is 5.11 Å². The Morgan fingerprint density at radius 2 is 1.92 bits per heavy atom. The van der Waals surface area contributed by atoms with Crippen molar-refractivity contribution in [3.63, 3.8) is 0 Å². The molecule has 0 saturated heterocycles. The summed E-state index contributed by atoms with van der Waals surface area (Å²) >= 11 is 0. The van der Waals surface area contributed by atoms with E-state index in [2.05, 4.69) is 4.98 Å². The predicted octanol–water partition coefficient (Wildman–Crippen LogP) is -0.642. The van der Waals surface area contributed by atoms with Crippen molar-refractivity contribution in [3.05, 3.63) is 29.1 Å². The van der Waals surface area contributed by atoms with Gasteiger partial charge in [-0.3, -0.25) is 4.98 Å². The maximum absolute atomic E-state index is 8.72. The van der Waals surface area contributed by atoms with E-state index in [0.29, 0.717) is 0 Å². The summed E-state index contributed by atoms with van der Waals surface area (Å²) in [6.07, 6.45) is 0. The quantitative estimate of drug-likeness (QED) is 0.576. The van der Waals surface area contributed by atoms with Gasteiger partial charge in [0.25, 0.3) is 0 Å². The van der Waals surface area contributed by atoms with Crippen molar-refractivity contribution in [2.75, 3.05) is 0 Å². The molecule has 0 aromatic carbocycles. The molecular weight excluding hydrogens is 160 g/mol. The summed E-state index contributed by atoms with van der Waals surface area (Å²) in [4.78, 5) is 4.10. The van der Waals surface area contributed by atoms with Crippen molar-refractivity contribution in [3.8, 4) is 0 Å². The van der Waals surface area contributed by atoms with Crippen LogP contribution in [0.5, 0.6) is 0 Å². The van der Waals surface area contributed by atoms with Gasteiger partial charge in [0.05, 0.1) is 12.3 Å². The molecule has 12 heavy (non-hydrogen) atoms. The SMILES string of the molecule is Cc1cc(C)nc(CO)c1.[AlH3].[LiH]. The fraction of sp³-hybridized carbons (Fsp3) is 0.375. The van der Waals surface area contributed by atoms with Crippen LogP contribution in [0.3, 0.4) is 0 Å². The van der Waals surface area contributed by atoms with Crippen molar-refractivity contribution in [1.29, 1.82) is 0 Å². The second kappa shape index (κ2) is 6.72. The molecule has 2 nitrogen and oxygen atoms in total. The summed E-state index contributed by atoms with van der Waals surface area (Å²) in [7, 11) is 0. The first-order chi connectivity index (χ1) is 4.72. The summed E-state index contributed by atoms with van der Waals surface area (Å²) in [5.74, 6) is 0. The first-order valence-electron chi connectivity index (χ1n) is 3.27. The van der Waals surface area contributed by atoms with Gasteiger partial charge in [-0.05, 0) is 31.5 Å². The molecule has 0 bridgehead atoms. The molecule has 1 aromatic rings. The van der Waals surface area contributed by atoms with Crippen LogP contribution in [0.2, 0.25) is 0 Å². The molecule has 1 rings (SSSR count). The number of rotatable bonds is 1. The number of pyridine rings is 1. The van der Waals surface area contributed by atoms with E-state index < -0.39 is 0 Å². The van der Waals surface area contributed by atoms with Gasteiger partial charge >= 0.3 is 18.9 Å². The Hall–Kier alpha value is 0.240. The Labute approximate surface area is 95.7 Å². The molecule has 62 valence electrons. The number of hydrogen-bond acceptors (Lipinski definition) is 2. The molecule has 0 fully saturated rings. The fourth-order valence-corrected chi connectivity index (χ4v) is 1.01. The first kappa shape index (κ1) is 14.7. The molecule has 0 spiro atoms. The molecule has 1 aromatic heterocycles. The van der Waals surface area contributed by atoms with Gasteiger partial charge in [-0.15, -0.1) is 0 Å². The molecule has 0 aliphatic heterocycles. The molecule has 0 amide bonds. The predicted molar refractivity (Wildman–Crippen MR) is 56.7 cm³/mol. The van der Waals surface area contributed by atoms with Crippen LogP contribution in [0.15, 0.2) is 12.1 Å². The van der Waals surface area contributed by atoms with Crippen LogP contribution in [0.25, 0.3) is 0 Å². The second-order valence-corrected chi connectivity index (χ2v) is 2.44. The van der Waals surface area contributed by atoms with E-state index in [-0.39, 0.29) is 42.8 Å².